The minimum absolute atomic E-state index is 0.132. The van der Waals surface area contributed by atoms with Crippen LogP contribution in [-0.2, 0) is 19.5 Å². The van der Waals surface area contributed by atoms with Gasteiger partial charge in [0, 0.05) is 13.1 Å². The van der Waals surface area contributed by atoms with Crippen LogP contribution in [0.4, 0.5) is 0 Å². The van der Waals surface area contributed by atoms with Crippen molar-refractivity contribution in [2.45, 2.75) is 30.4 Å². The molecule has 1 unspecified atom stereocenters. The molecule has 0 bridgehead atoms. The lowest BCUT2D eigenvalue weighted by atomic mass is 10.1. The summed E-state index contributed by atoms with van der Waals surface area (Å²) in [5.41, 5.74) is 0.258. The molecule has 0 saturated carbocycles. The number of fused-ring (bicyclic) bond motifs is 1. The van der Waals surface area contributed by atoms with Gasteiger partial charge in [-0.15, -0.1) is 4.40 Å². The predicted molar refractivity (Wildman–Crippen MR) is 77.9 cm³/mol. The van der Waals surface area contributed by atoms with E-state index in [4.69, 9.17) is 9.47 Å². The van der Waals surface area contributed by atoms with Crippen molar-refractivity contribution in [3.8, 4) is 0 Å². The first kappa shape index (κ1) is 14.5. The van der Waals surface area contributed by atoms with Gasteiger partial charge in [0.05, 0.1) is 11.2 Å². The Morgan fingerprint density at radius 2 is 2.19 bits per heavy atom. The maximum atomic E-state index is 11.9. The van der Waals surface area contributed by atoms with Gasteiger partial charge in [-0.1, -0.05) is 12.1 Å². The molecule has 1 N–H and O–H groups in total. The van der Waals surface area contributed by atoms with Crippen LogP contribution < -0.4 is 5.32 Å². The number of hydrogen-bond donors (Lipinski definition) is 1. The summed E-state index contributed by atoms with van der Waals surface area (Å²) in [6.07, 6.45) is -0.132. The van der Waals surface area contributed by atoms with Crippen LogP contribution in [0.1, 0.15) is 19.4 Å². The second-order valence-corrected chi connectivity index (χ2v) is 7.38. The lowest BCUT2D eigenvalue weighted by Gasteiger charge is -2.36. The summed E-state index contributed by atoms with van der Waals surface area (Å²) in [6, 6.07) is 6.67. The van der Waals surface area contributed by atoms with E-state index in [0.717, 1.165) is 6.54 Å². The Morgan fingerprint density at radius 3 is 2.95 bits per heavy atom. The number of nitrogens with zero attached hydrogens (tertiary/aromatic N) is 1. The van der Waals surface area contributed by atoms with Crippen molar-refractivity contribution in [3.05, 3.63) is 29.8 Å². The minimum Gasteiger partial charge on any atom is -0.474 e. The Morgan fingerprint density at radius 1 is 1.43 bits per heavy atom. The van der Waals surface area contributed by atoms with Gasteiger partial charge >= 0.3 is 0 Å². The third-order valence-electron chi connectivity index (χ3n) is 3.41. The number of morpholine rings is 1. The molecule has 1 fully saturated rings. The molecule has 3 rings (SSSR count). The van der Waals surface area contributed by atoms with Crippen molar-refractivity contribution in [1.29, 1.82) is 0 Å². The fourth-order valence-corrected chi connectivity index (χ4v) is 3.66. The molecular weight excluding hydrogens is 292 g/mol. The van der Waals surface area contributed by atoms with Gasteiger partial charge in [-0.05, 0) is 26.0 Å². The van der Waals surface area contributed by atoms with Crippen molar-refractivity contribution >= 4 is 15.9 Å². The van der Waals surface area contributed by atoms with Gasteiger partial charge < -0.3 is 14.8 Å². The van der Waals surface area contributed by atoms with E-state index in [2.05, 4.69) is 9.71 Å². The molecule has 1 saturated heterocycles. The summed E-state index contributed by atoms with van der Waals surface area (Å²) in [4.78, 5) is 0.197. The van der Waals surface area contributed by atoms with Crippen LogP contribution >= 0.6 is 0 Å². The van der Waals surface area contributed by atoms with Gasteiger partial charge in [0.15, 0.2) is 0 Å². The molecule has 1 aromatic rings. The molecule has 114 valence electrons. The highest BCUT2D eigenvalue weighted by molar-refractivity contribution is 7.90. The minimum atomic E-state index is -3.62. The van der Waals surface area contributed by atoms with Crippen molar-refractivity contribution in [2.24, 2.45) is 4.40 Å². The molecule has 7 heteroatoms. The van der Waals surface area contributed by atoms with E-state index in [1.165, 1.54) is 6.07 Å². The number of rotatable bonds is 2. The van der Waals surface area contributed by atoms with Crippen LogP contribution in [-0.4, -0.2) is 45.7 Å². The summed E-state index contributed by atoms with van der Waals surface area (Å²) in [5.74, 6) is 0.151. The van der Waals surface area contributed by atoms with E-state index in [0.29, 0.717) is 12.1 Å². The van der Waals surface area contributed by atoms with Crippen molar-refractivity contribution in [3.63, 3.8) is 0 Å². The molecule has 0 radical (unpaired) electrons. The zero-order chi connectivity index (χ0) is 15.1. The number of nitrogens with one attached hydrogen (secondary N) is 1. The Labute approximate surface area is 124 Å². The maximum absolute atomic E-state index is 11.9. The second kappa shape index (κ2) is 5.08. The first-order valence-corrected chi connectivity index (χ1v) is 8.27. The van der Waals surface area contributed by atoms with Crippen LogP contribution in [0.15, 0.2) is 33.6 Å². The van der Waals surface area contributed by atoms with Crippen LogP contribution in [0.25, 0.3) is 0 Å². The summed E-state index contributed by atoms with van der Waals surface area (Å²) in [6.45, 7) is 5.71. The number of ether oxygens (including phenoxy) is 2. The topological polar surface area (TPSA) is 77.0 Å². The van der Waals surface area contributed by atoms with Crippen molar-refractivity contribution in [1.82, 2.24) is 5.32 Å². The van der Waals surface area contributed by atoms with Gasteiger partial charge in [-0.25, -0.2) is 0 Å². The fraction of sp³-hybridized carbons (Fsp3) is 0.500. The Hall–Kier alpha value is -1.44. The summed E-state index contributed by atoms with van der Waals surface area (Å²) < 4.78 is 39.0. The lowest BCUT2D eigenvalue weighted by molar-refractivity contribution is -0.108. The summed E-state index contributed by atoms with van der Waals surface area (Å²) >= 11 is 0. The first-order valence-electron chi connectivity index (χ1n) is 6.83. The third-order valence-corrected chi connectivity index (χ3v) is 4.73. The monoisotopic (exact) mass is 310 g/mol. The van der Waals surface area contributed by atoms with Gasteiger partial charge in [0.1, 0.15) is 17.6 Å². The van der Waals surface area contributed by atoms with E-state index >= 15 is 0 Å². The van der Waals surface area contributed by atoms with Crippen LogP contribution in [0.3, 0.4) is 0 Å². The third kappa shape index (κ3) is 2.95. The Bertz CT molecular complexity index is 682. The smallest absolute Gasteiger partial charge is 0.286 e. The second-order valence-electron chi connectivity index (χ2n) is 5.81. The summed E-state index contributed by atoms with van der Waals surface area (Å²) in [7, 11) is -3.62. The van der Waals surface area contributed by atoms with Crippen LogP contribution in [0.5, 0.6) is 0 Å². The zero-order valence-corrected chi connectivity index (χ0v) is 12.8. The highest BCUT2D eigenvalue weighted by atomic mass is 32.2. The van der Waals surface area contributed by atoms with Crippen LogP contribution in [0, 0.1) is 0 Å². The molecule has 6 nitrogen and oxygen atoms in total. The molecule has 2 heterocycles. The van der Waals surface area contributed by atoms with E-state index in [1.807, 2.05) is 13.8 Å². The predicted octanol–water partition coefficient (Wildman–Crippen LogP) is 0.919. The zero-order valence-electron chi connectivity index (χ0n) is 12.0. The average molecular weight is 310 g/mol. The van der Waals surface area contributed by atoms with Crippen molar-refractivity contribution < 1.29 is 17.9 Å². The molecular formula is C14H18N2O4S. The van der Waals surface area contributed by atoms with E-state index in [9.17, 15) is 8.42 Å². The highest BCUT2D eigenvalue weighted by Crippen LogP contribution is 2.26. The molecule has 0 aliphatic carbocycles. The van der Waals surface area contributed by atoms with E-state index in [-0.39, 0.29) is 29.1 Å². The molecule has 0 amide bonds. The van der Waals surface area contributed by atoms with Crippen molar-refractivity contribution in [2.75, 3.05) is 19.7 Å². The van der Waals surface area contributed by atoms with Gasteiger partial charge in [-0.3, -0.25) is 0 Å². The molecule has 21 heavy (non-hydrogen) atoms. The average Bonchev–Trinajstić information content (AvgIpc) is 2.68. The van der Waals surface area contributed by atoms with Gasteiger partial charge in [-0.2, -0.15) is 8.42 Å². The quantitative estimate of drug-likeness (QED) is 0.879. The van der Waals surface area contributed by atoms with E-state index < -0.39 is 10.0 Å². The number of benzene rings is 1. The number of hydrogen-bond acceptors (Lipinski definition) is 5. The molecule has 0 spiro atoms. The lowest BCUT2D eigenvalue weighted by Crippen LogP contribution is -2.52. The normalized spacial score (nSPS) is 26.0. The largest absolute Gasteiger partial charge is 0.474 e. The fourth-order valence-electron chi connectivity index (χ4n) is 2.51. The van der Waals surface area contributed by atoms with Crippen LogP contribution in [0.2, 0.25) is 0 Å². The summed E-state index contributed by atoms with van der Waals surface area (Å²) in [5, 5.41) is 3.27. The SMILES string of the molecule is CC1(C)CNCC(COC2=NS(=O)(=O)c3ccccc32)O1. The van der Waals surface area contributed by atoms with Gasteiger partial charge in [0.25, 0.3) is 10.0 Å². The first-order chi connectivity index (χ1) is 9.87. The molecule has 1 atom stereocenters. The van der Waals surface area contributed by atoms with Gasteiger partial charge in [0.2, 0.25) is 5.90 Å². The maximum Gasteiger partial charge on any atom is 0.286 e. The molecule has 0 aromatic heterocycles. The van der Waals surface area contributed by atoms with E-state index in [1.54, 1.807) is 18.2 Å². The number of sulfonamides is 1. The molecule has 2 aliphatic heterocycles. The molecule has 2 aliphatic rings. The highest BCUT2D eigenvalue weighted by Gasteiger charge is 2.32. The standard InChI is InChI=1S/C14H18N2O4S/c1-14(2)9-15-7-10(20-14)8-19-13-11-5-3-4-6-12(11)21(17,18)16-13/h3-6,10,15H,7-9H2,1-2H3. The Kier molecular flexibility index (Phi) is 3.51. The molecule has 1 aromatic carbocycles. The Balaban J connectivity index is 1.72.